The second-order valence-corrected chi connectivity index (χ2v) is 5.75. The van der Waals surface area contributed by atoms with Gasteiger partial charge < -0.3 is 15.7 Å². The molecule has 5 heteroatoms. The first-order chi connectivity index (χ1) is 9.79. The second kappa shape index (κ2) is 7.67. The molecule has 0 spiro atoms. The summed E-state index contributed by atoms with van der Waals surface area (Å²) in [7, 11) is 0. The molecule has 0 aliphatic heterocycles. The summed E-state index contributed by atoms with van der Waals surface area (Å²) in [5, 5.41) is 14.4. The van der Waals surface area contributed by atoms with Gasteiger partial charge in [0.25, 0.3) is 0 Å². The van der Waals surface area contributed by atoms with Gasteiger partial charge in [0.15, 0.2) is 0 Å². The number of carboxylic acids is 1. The maximum absolute atomic E-state index is 11.8. The third-order valence-corrected chi connectivity index (χ3v) is 3.58. The van der Waals surface area contributed by atoms with E-state index in [1.807, 2.05) is 39.8 Å². The third-order valence-electron chi connectivity index (χ3n) is 3.58. The highest BCUT2D eigenvalue weighted by molar-refractivity contribution is 5.89. The van der Waals surface area contributed by atoms with Crippen molar-refractivity contribution in [3.63, 3.8) is 0 Å². The van der Waals surface area contributed by atoms with Gasteiger partial charge in [0.1, 0.15) is 0 Å². The highest BCUT2D eigenvalue weighted by Gasteiger charge is 2.12. The van der Waals surface area contributed by atoms with Crippen molar-refractivity contribution >= 4 is 17.7 Å². The quantitative estimate of drug-likeness (QED) is 0.751. The summed E-state index contributed by atoms with van der Waals surface area (Å²) in [5.74, 6) is -0.493. The van der Waals surface area contributed by atoms with Gasteiger partial charge in [0.2, 0.25) is 0 Å². The Morgan fingerprint density at radius 3 is 2.14 bits per heavy atom. The minimum absolute atomic E-state index is 0.0497. The Hall–Kier alpha value is -2.04. The van der Waals surface area contributed by atoms with Crippen LogP contribution in [0, 0.1) is 5.92 Å². The van der Waals surface area contributed by atoms with Crippen molar-refractivity contribution in [2.75, 3.05) is 5.32 Å². The van der Waals surface area contributed by atoms with Gasteiger partial charge in [-0.3, -0.25) is 4.79 Å². The molecule has 0 saturated carbocycles. The number of benzene rings is 1. The molecule has 0 heterocycles. The van der Waals surface area contributed by atoms with Crippen LogP contribution in [0.3, 0.4) is 0 Å². The molecule has 2 unspecified atom stereocenters. The summed E-state index contributed by atoms with van der Waals surface area (Å²) in [5.41, 5.74) is 1.63. The van der Waals surface area contributed by atoms with Crippen LogP contribution in [0.1, 0.15) is 45.6 Å². The maximum Gasteiger partial charge on any atom is 0.319 e. The molecule has 2 amide bonds. The van der Waals surface area contributed by atoms with Crippen LogP contribution >= 0.6 is 0 Å². The van der Waals surface area contributed by atoms with E-state index in [2.05, 4.69) is 10.6 Å². The van der Waals surface area contributed by atoms with Crippen LogP contribution in [-0.4, -0.2) is 23.1 Å². The first-order valence-corrected chi connectivity index (χ1v) is 7.19. The molecule has 0 bridgehead atoms. The molecule has 2 atom stereocenters. The zero-order chi connectivity index (χ0) is 16.0. The molecule has 0 aliphatic carbocycles. The number of urea groups is 1. The predicted molar refractivity (Wildman–Crippen MR) is 83.6 cm³/mol. The lowest BCUT2D eigenvalue weighted by Crippen LogP contribution is -2.38. The molecule has 3 N–H and O–H groups in total. The zero-order valence-corrected chi connectivity index (χ0v) is 13.0. The number of carbonyl (C=O) groups is 2. The number of carboxylic acid groups (broad SMARTS) is 1. The van der Waals surface area contributed by atoms with Crippen LogP contribution in [0.4, 0.5) is 10.5 Å². The SMILES string of the molecule is CC(CC(=O)O)c1ccc(NC(=O)NC(C)C(C)C)cc1. The average molecular weight is 292 g/mol. The lowest BCUT2D eigenvalue weighted by molar-refractivity contribution is -0.137. The fourth-order valence-electron chi connectivity index (χ4n) is 1.82. The number of nitrogens with one attached hydrogen (secondary N) is 2. The van der Waals surface area contributed by atoms with Gasteiger partial charge in [-0.15, -0.1) is 0 Å². The van der Waals surface area contributed by atoms with E-state index in [-0.39, 0.29) is 24.4 Å². The Bertz CT molecular complexity index is 483. The van der Waals surface area contributed by atoms with Crippen LogP contribution in [0.2, 0.25) is 0 Å². The molecule has 0 radical (unpaired) electrons. The van der Waals surface area contributed by atoms with E-state index in [1.54, 1.807) is 12.1 Å². The van der Waals surface area contributed by atoms with E-state index in [4.69, 9.17) is 5.11 Å². The Balaban J connectivity index is 2.58. The molecule has 5 nitrogen and oxygen atoms in total. The summed E-state index contributed by atoms with van der Waals surface area (Å²) in [6.07, 6.45) is 0.0964. The van der Waals surface area contributed by atoms with Crippen LogP contribution in [0.15, 0.2) is 24.3 Å². The van der Waals surface area contributed by atoms with E-state index in [1.165, 1.54) is 0 Å². The third kappa shape index (κ3) is 5.85. The zero-order valence-electron chi connectivity index (χ0n) is 13.0. The molecule has 1 rings (SSSR count). The van der Waals surface area contributed by atoms with Gasteiger partial charge in [0.05, 0.1) is 6.42 Å². The van der Waals surface area contributed by atoms with Gasteiger partial charge in [-0.25, -0.2) is 4.79 Å². The monoisotopic (exact) mass is 292 g/mol. The van der Waals surface area contributed by atoms with Gasteiger partial charge in [-0.2, -0.15) is 0 Å². The van der Waals surface area contributed by atoms with Crippen molar-refractivity contribution in [3.05, 3.63) is 29.8 Å². The average Bonchev–Trinajstić information content (AvgIpc) is 2.38. The molecule has 1 aromatic rings. The van der Waals surface area contributed by atoms with Crippen LogP contribution in [-0.2, 0) is 4.79 Å². The van der Waals surface area contributed by atoms with Crippen molar-refractivity contribution in [2.45, 2.75) is 46.1 Å². The lowest BCUT2D eigenvalue weighted by atomic mass is 9.98. The summed E-state index contributed by atoms with van der Waals surface area (Å²) < 4.78 is 0. The molecule has 0 saturated heterocycles. The number of hydrogen-bond acceptors (Lipinski definition) is 2. The fraction of sp³-hybridized carbons (Fsp3) is 0.500. The summed E-state index contributed by atoms with van der Waals surface area (Å²) in [6, 6.07) is 7.12. The Kier molecular flexibility index (Phi) is 6.21. The second-order valence-electron chi connectivity index (χ2n) is 5.75. The molecule has 0 aromatic heterocycles. The molecule has 116 valence electrons. The highest BCUT2D eigenvalue weighted by Crippen LogP contribution is 2.20. The number of anilines is 1. The minimum Gasteiger partial charge on any atom is -0.481 e. The molecular formula is C16H24N2O3. The van der Waals surface area contributed by atoms with Crippen molar-refractivity contribution in [3.8, 4) is 0 Å². The maximum atomic E-state index is 11.8. The number of aliphatic carboxylic acids is 1. The summed E-state index contributed by atoms with van der Waals surface area (Å²) in [4.78, 5) is 22.5. The van der Waals surface area contributed by atoms with Crippen molar-refractivity contribution in [1.29, 1.82) is 0 Å². The van der Waals surface area contributed by atoms with Gasteiger partial charge >= 0.3 is 12.0 Å². The number of carbonyl (C=O) groups excluding carboxylic acids is 1. The topological polar surface area (TPSA) is 78.4 Å². The van der Waals surface area contributed by atoms with Gasteiger partial charge in [-0.05, 0) is 36.5 Å². The van der Waals surface area contributed by atoms with Gasteiger partial charge in [-0.1, -0.05) is 32.9 Å². The minimum atomic E-state index is -0.813. The number of rotatable bonds is 6. The standard InChI is InChI=1S/C16H24N2O3/c1-10(2)12(4)17-16(21)18-14-7-5-13(6-8-14)11(3)9-15(19)20/h5-8,10-12H,9H2,1-4H3,(H,19,20)(H2,17,18,21). The van der Waals surface area contributed by atoms with Gasteiger partial charge in [0, 0.05) is 11.7 Å². The molecule has 1 aromatic carbocycles. The normalized spacial score (nSPS) is 13.6. The van der Waals surface area contributed by atoms with Crippen molar-refractivity contribution in [1.82, 2.24) is 5.32 Å². The van der Waals surface area contributed by atoms with E-state index in [0.29, 0.717) is 11.6 Å². The molecule has 0 fully saturated rings. The molecular weight excluding hydrogens is 268 g/mol. The first-order valence-electron chi connectivity index (χ1n) is 7.19. The Labute approximate surface area is 125 Å². The van der Waals surface area contributed by atoms with Crippen LogP contribution in [0.25, 0.3) is 0 Å². The summed E-state index contributed by atoms with van der Waals surface area (Å²) >= 11 is 0. The number of amides is 2. The largest absolute Gasteiger partial charge is 0.481 e. The predicted octanol–water partition coefficient (Wildman–Crippen LogP) is 3.43. The van der Waals surface area contributed by atoms with Crippen molar-refractivity contribution < 1.29 is 14.7 Å². The van der Waals surface area contributed by atoms with Crippen LogP contribution in [0.5, 0.6) is 0 Å². The number of hydrogen-bond donors (Lipinski definition) is 3. The first kappa shape index (κ1) is 17.0. The van der Waals surface area contributed by atoms with Crippen LogP contribution < -0.4 is 10.6 Å². The fourth-order valence-corrected chi connectivity index (χ4v) is 1.82. The Morgan fingerprint density at radius 1 is 1.10 bits per heavy atom. The highest BCUT2D eigenvalue weighted by atomic mass is 16.4. The van der Waals surface area contributed by atoms with E-state index in [9.17, 15) is 9.59 Å². The van der Waals surface area contributed by atoms with E-state index >= 15 is 0 Å². The summed E-state index contributed by atoms with van der Waals surface area (Å²) in [6.45, 7) is 7.92. The molecule has 21 heavy (non-hydrogen) atoms. The van der Waals surface area contributed by atoms with Crippen molar-refractivity contribution in [2.24, 2.45) is 5.92 Å². The molecule has 0 aliphatic rings. The van der Waals surface area contributed by atoms with E-state index < -0.39 is 5.97 Å². The lowest BCUT2D eigenvalue weighted by Gasteiger charge is -2.18. The Morgan fingerprint density at radius 2 is 1.67 bits per heavy atom. The van der Waals surface area contributed by atoms with E-state index in [0.717, 1.165) is 5.56 Å². The smallest absolute Gasteiger partial charge is 0.319 e.